The molecule has 84 valence electrons. The molecule has 3 heteroatoms. The first-order chi connectivity index (χ1) is 7.11. The van der Waals surface area contributed by atoms with Gasteiger partial charge in [0.1, 0.15) is 5.75 Å². The largest absolute Gasteiger partial charge is 0.496 e. The number of methoxy groups -OCH3 is 1. The molecule has 0 amide bonds. The number of ether oxygens (including phenoxy) is 1. The Labute approximate surface area is 91.1 Å². The maximum atomic E-state index is 8.75. The second-order valence-corrected chi connectivity index (χ2v) is 3.73. The number of hydrogen-bond acceptors (Lipinski definition) is 3. The van der Waals surface area contributed by atoms with E-state index in [0.717, 1.165) is 16.9 Å². The third-order valence-electron chi connectivity index (χ3n) is 2.73. The van der Waals surface area contributed by atoms with Gasteiger partial charge in [-0.15, -0.1) is 0 Å². The van der Waals surface area contributed by atoms with Crippen LogP contribution in [0.2, 0.25) is 0 Å². The average Bonchev–Trinajstić information content (AvgIpc) is 2.21. The molecule has 0 saturated heterocycles. The van der Waals surface area contributed by atoms with Crippen molar-refractivity contribution in [3.63, 3.8) is 0 Å². The van der Waals surface area contributed by atoms with Gasteiger partial charge in [-0.2, -0.15) is 0 Å². The van der Waals surface area contributed by atoms with Crippen LogP contribution in [-0.4, -0.2) is 18.9 Å². The highest BCUT2D eigenvalue weighted by Crippen LogP contribution is 2.29. The highest BCUT2D eigenvalue weighted by molar-refractivity contribution is 5.49. The second-order valence-electron chi connectivity index (χ2n) is 3.73. The van der Waals surface area contributed by atoms with E-state index in [1.165, 1.54) is 11.1 Å². The lowest BCUT2D eigenvalue weighted by atomic mass is 9.99. The molecule has 1 aromatic carbocycles. The van der Waals surface area contributed by atoms with Crippen LogP contribution in [0.1, 0.15) is 22.3 Å². The normalized spacial score (nSPS) is 10.5. The lowest BCUT2D eigenvalue weighted by molar-refractivity contribution is 0.258. The molecule has 0 fully saturated rings. The second kappa shape index (κ2) is 5.14. The Hall–Kier alpha value is -1.06. The van der Waals surface area contributed by atoms with Crippen LogP contribution in [0.15, 0.2) is 6.07 Å². The number of benzene rings is 1. The molecule has 0 aromatic heterocycles. The van der Waals surface area contributed by atoms with Crippen molar-refractivity contribution >= 4 is 0 Å². The van der Waals surface area contributed by atoms with Gasteiger partial charge < -0.3 is 9.84 Å². The standard InChI is InChI=1S/C12H19NO2/c1-8-5-9(2)11(6-13-7-14)12(15-4)10(8)3/h5,13-14H,6-7H2,1-4H3. The molecule has 0 heterocycles. The van der Waals surface area contributed by atoms with E-state index in [1.54, 1.807) is 7.11 Å². The van der Waals surface area contributed by atoms with Crippen LogP contribution >= 0.6 is 0 Å². The maximum Gasteiger partial charge on any atom is 0.126 e. The van der Waals surface area contributed by atoms with Gasteiger partial charge in [-0.05, 0) is 37.5 Å². The molecular formula is C12H19NO2. The van der Waals surface area contributed by atoms with Crippen molar-refractivity contribution in [2.45, 2.75) is 27.3 Å². The lowest BCUT2D eigenvalue weighted by Crippen LogP contribution is -2.16. The van der Waals surface area contributed by atoms with E-state index < -0.39 is 0 Å². The fourth-order valence-corrected chi connectivity index (χ4v) is 1.78. The average molecular weight is 209 g/mol. The van der Waals surface area contributed by atoms with Crippen molar-refractivity contribution in [1.82, 2.24) is 5.32 Å². The van der Waals surface area contributed by atoms with Crippen molar-refractivity contribution in [3.05, 3.63) is 28.3 Å². The fourth-order valence-electron chi connectivity index (χ4n) is 1.78. The van der Waals surface area contributed by atoms with Gasteiger partial charge in [0.05, 0.1) is 13.8 Å². The molecular weight excluding hydrogens is 190 g/mol. The van der Waals surface area contributed by atoms with E-state index in [9.17, 15) is 0 Å². The van der Waals surface area contributed by atoms with Crippen LogP contribution in [0.3, 0.4) is 0 Å². The maximum absolute atomic E-state index is 8.75. The Kier molecular flexibility index (Phi) is 4.12. The molecule has 0 atom stereocenters. The summed E-state index contributed by atoms with van der Waals surface area (Å²) in [5, 5.41) is 11.7. The summed E-state index contributed by atoms with van der Waals surface area (Å²) in [5.41, 5.74) is 4.71. The Bertz CT molecular complexity index is 348. The zero-order valence-corrected chi connectivity index (χ0v) is 9.85. The Morgan fingerprint density at radius 3 is 2.47 bits per heavy atom. The van der Waals surface area contributed by atoms with Gasteiger partial charge in [-0.3, -0.25) is 5.32 Å². The van der Waals surface area contributed by atoms with Crippen LogP contribution in [0.5, 0.6) is 5.75 Å². The van der Waals surface area contributed by atoms with E-state index in [1.807, 2.05) is 0 Å². The minimum absolute atomic E-state index is 0.0183. The van der Waals surface area contributed by atoms with E-state index in [4.69, 9.17) is 9.84 Å². The SMILES string of the molecule is COc1c(C)c(C)cc(C)c1CNCO. The third kappa shape index (κ3) is 2.49. The monoisotopic (exact) mass is 209 g/mol. The van der Waals surface area contributed by atoms with E-state index in [2.05, 4.69) is 32.2 Å². The van der Waals surface area contributed by atoms with Crippen molar-refractivity contribution in [1.29, 1.82) is 0 Å². The smallest absolute Gasteiger partial charge is 0.126 e. The van der Waals surface area contributed by atoms with Gasteiger partial charge in [0, 0.05) is 12.1 Å². The summed E-state index contributed by atoms with van der Waals surface area (Å²) in [6, 6.07) is 2.15. The summed E-state index contributed by atoms with van der Waals surface area (Å²) < 4.78 is 5.41. The molecule has 0 aliphatic rings. The first-order valence-electron chi connectivity index (χ1n) is 5.07. The highest BCUT2D eigenvalue weighted by Gasteiger charge is 2.11. The molecule has 0 radical (unpaired) electrons. The molecule has 0 aliphatic carbocycles. The van der Waals surface area contributed by atoms with Gasteiger partial charge in [0.25, 0.3) is 0 Å². The number of rotatable bonds is 4. The molecule has 0 bridgehead atoms. The number of nitrogens with one attached hydrogen (secondary N) is 1. The van der Waals surface area contributed by atoms with Gasteiger partial charge in [-0.25, -0.2) is 0 Å². The van der Waals surface area contributed by atoms with Crippen LogP contribution in [-0.2, 0) is 6.54 Å². The van der Waals surface area contributed by atoms with Gasteiger partial charge >= 0.3 is 0 Å². The lowest BCUT2D eigenvalue weighted by Gasteiger charge is -2.16. The molecule has 2 N–H and O–H groups in total. The van der Waals surface area contributed by atoms with E-state index in [0.29, 0.717) is 6.54 Å². The van der Waals surface area contributed by atoms with Crippen molar-refractivity contribution in [2.75, 3.05) is 13.8 Å². The zero-order chi connectivity index (χ0) is 11.4. The third-order valence-corrected chi connectivity index (χ3v) is 2.73. The molecule has 15 heavy (non-hydrogen) atoms. The summed E-state index contributed by atoms with van der Waals surface area (Å²) in [6.07, 6.45) is 0. The number of hydrogen-bond donors (Lipinski definition) is 2. The van der Waals surface area contributed by atoms with E-state index in [-0.39, 0.29) is 6.73 Å². The predicted molar refractivity (Wildman–Crippen MR) is 61.1 cm³/mol. The van der Waals surface area contributed by atoms with Gasteiger partial charge in [0.2, 0.25) is 0 Å². The van der Waals surface area contributed by atoms with Crippen molar-refractivity contribution in [3.8, 4) is 5.75 Å². The van der Waals surface area contributed by atoms with Crippen LogP contribution in [0.4, 0.5) is 0 Å². The van der Waals surface area contributed by atoms with Crippen molar-refractivity contribution < 1.29 is 9.84 Å². The van der Waals surface area contributed by atoms with Crippen LogP contribution < -0.4 is 10.1 Å². The molecule has 1 rings (SSSR count). The zero-order valence-electron chi connectivity index (χ0n) is 9.85. The summed E-state index contributed by atoms with van der Waals surface area (Å²) in [5.74, 6) is 0.924. The van der Waals surface area contributed by atoms with Crippen LogP contribution in [0, 0.1) is 20.8 Å². The summed E-state index contributed by atoms with van der Waals surface area (Å²) in [6.45, 7) is 6.80. The van der Waals surface area contributed by atoms with Gasteiger partial charge in [-0.1, -0.05) is 6.07 Å². The molecule has 0 unspecified atom stereocenters. The first-order valence-corrected chi connectivity index (χ1v) is 5.07. The Morgan fingerprint density at radius 2 is 1.93 bits per heavy atom. The molecule has 0 saturated carbocycles. The first kappa shape index (κ1) is 12.0. The highest BCUT2D eigenvalue weighted by atomic mass is 16.5. The summed E-state index contributed by atoms with van der Waals surface area (Å²) in [7, 11) is 1.68. The molecule has 1 aromatic rings. The molecule has 0 aliphatic heterocycles. The minimum Gasteiger partial charge on any atom is -0.496 e. The Morgan fingerprint density at radius 1 is 1.27 bits per heavy atom. The topological polar surface area (TPSA) is 41.5 Å². The molecule has 0 spiro atoms. The van der Waals surface area contributed by atoms with Crippen LogP contribution in [0.25, 0.3) is 0 Å². The number of aliphatic hydroxyl groups excluding tert-OH is 1. The number of aliphatic hydroxyl groups is 1. The minimum atomic E-state index is -0.0183. The predicted octanol–water partition coefficient (Wildman–Crippen LogP) is 1.66. The van der Waals surface area contributed by atoms with Crippen molar-refractivity contribution in [2.24, 2.45) is 0 Å². The van der Waals surface area contributed by atoms with Gasteiger partial charge in [0.15, 0.2) is 0 Å². The van der Waals surface area contributed by atoms with E-state index >= 15 is 0 Å². The summed E-state index contributed by atoms with van der Waals surface area (Å²) >= 11 is 0. The summed E-state index contributed by atoms with van der Waals surface area (Å²) in [4.78, 5) is 0. The quantitative estimate of drug-likeness (QED) is 0.741. The Balaban J connectivity index is 3.16. The molecule has 3 nitrogen and oxygen atoms in total. The number of aryl methyl sites for hydroxylation is 2. The fraction of sp³-hybridized carbons (Fsp3) is 0.500.